The van der Waals surface area contributed by atoms with Crippen LogP contribution in [-0.4, -0.2) is 0 Å². The van der Waals surface area contributed by atoms with Crippen LogP contribution in [0.15, 0.2) is 218 Å². The van der Waals surface area contributed by atoms with Gasteiger partial charge in [0.15, 0.2) is 0 Å². The molecule has 122 heavy (non-hydrogen) atoms. The molecule has 42 radical (unpaired) electrons. The minimum Gasteiger partial charge on any atom is -0.382 e. The molecular weight excluding hydrogens is 6110 g/mol. The van der Waals surface area contributed by atoms with Crippen LogP contribution in [0.1, 0.15) is 33.4 Å². The van der Waals surface area contributed by atoms with Gasteiger partial charge in [-0.15, -0.1) is 52.0 Å². The summed E-state index contributed by atoms with van der Waals surface area (Å²) in [6.45, 7) is 12.4. The molecule has 0 spiro atoms. The Labute approximate surface area is 1720 Å². The third kappa shape index (κ3) is 95.3. The largest absolute Gasteiger partial charge is 0.382 e. The summed E-state index contributed by atoms with van der Waals surface area (Å²) in [5, 5.41) is 0. The summed E-state index contributed by atoms with van der Waals surface area (Å²) in [6.07, 6.45) is 0. The van der Waals surface area contributed by atoms with E-state index in [2.05, 4.69) is 248 Å². The SMILES string of the molecule is Cc1c[c-]c(N(c2cc[c-]cc2)c2ccc(-c3ccc(N(c4[c-]cc(C)c[c-]4)c4ccc(C)cc4)cc3)cc2)[c-]c1.Cc1c[c-]c(N(c2cc[c-]cc2)c2ccc(N(c3[c-]cc(C)c[c-]3)c3ccc(C)cc3)cc2)[c-]c1.[Re].[Re].[Re].[Re].[Rf].[Rf].[Rf].[Rf].[Y].[Y].[Y].[Y].[Y].[Y].[Y].[Y].[Y].[Y].[Y].[Y].[Y].[Y].[Y].[Y].[Y].[Y].[Y].[Y].[Y].[Y].[Y].[Y].[Y].[Y].[Y].[Y].[Y].[Y].[Y].[Y].[Y].[Y].[Y].[Y].[Y].[Y]. The molecule has 11 aromatic rings. The second-order valence-corrected chi connectivity index (χ2v) is 18.8. The van der Waals surface area contributed by atoms with Gasteiger partial charge < -0.3 is 68.1 Å². The fraction of sp³-hybridized carbons (Fsp3) is 0.0833. The molecule has 11 rings (SSSR count). The van der Waals surface area contributed by atoms with Crippen molar-refractivity contribution >= 4 is 68.2 Å². The van der Waals surface area contributed by atoms with E-state index in [0.717, 1.165) is 102 Å². The minimum atomic E-state index is 0. The topological polar surface area (TPSA) is 13.0 Å². The zero-order valence-corrected chi connectivity index (χ0v) is 214. The number of hydrogen-bond donors (Lipinski definition) is 0. The smallest absolute Gasteiger partial charge is 0.0421 e. The molecule has 0 atom stereocenters. The molecule has 11 aromatic carbocycles. The number of anilines is 12. The Balaban J connectivity index is -0.0000000247. The average Bonchev–Trinajstić information content (AvgIpc) is 0.802. The van der Waals surface area contributed by atoms with E-state index in [0.29, 0.717) is 0 Å². The van der Waals surface area contributed by atoms with Crippen LogP contribution in [0.2, 0.25) is 0 Å². The Kier molecular flexibility index (Phi) is 337. The van der Waals surface area contributed by atoms with Crippen LogP contribution in [0.3, 0.4) is 0 Å². The molecule has 0 amide bonds. The van der Waals surface area contributed by atoms with Crippen LogP contribution in [0.25, 0.3) is 11.1 Å². The predicted molar refractivity (Wildman–Crippen MR) is 314 cm³/mol. The maximum atomic E-state index is 3.40. The van der Waals surface area contributed by atoms with Gasteiger partial charge in [0.05, 0.1) is 0 Å². The molecule has 0 aliphatic rings. The molecule has 0 fully saturated rings. The molecule has 0 saturated heterocycles. The van der Waals surface area contributed by atoms with Crippen molar-refractivity contribution in [1.82, 2.24) is 0 Å². The second-order valence-electron chi connectivity index (χ2n) is 18.8. The van der Waals surface area contributed by atoms with Crippen molar-refractivity contribution in [2.45, 2.75) is 41.5 Å². The molecule has 0 N–H and O–H groups in total. The molecule has 0 aliphatic heterocycles. The predicted octanol–water partition coefficient (Wildman–Crippen LogP) is 18.7. The summed E-state index contributed by atoms with van der Waals surface area (Å²) in [4.78, 5) is 8.68. The third-order valence-electron chi connectivity index (χ3n) is 12.8. The van der Waals surface area contributed by atoms with Gasteiger partial charge in [0, 0.05) is 1360 Å². The Morgan fingerprint density at radius 1 is 0.156 bits per heavy atom. The fourth-order valence-corrected chi connectivity index (χ4v) is 8.74. The number of hydrogen-bond acceptors (Lipinski definition) is 4. The van der Waals surface area contributed by atoms with Gasteiger partial charge in [-0.1, -0.05) is 71.0 Å². The summed E-state index contributed by atoms with van der Waals surface area (Å²) in [5.74, 6) is 0. The van der Waals surface area contributed by atoms with Crippen molar-refractivity contribution in [3.8, 4) is 11.1 Å². The van der Waals surface area contributed by atoms with E-state index in [4.69, 9.17) is 0 Å². The van der Waals surface area contributed by atoms with Crippen molar-refractivity contribution in [1.29, 1.82) is 0 Å². The van der Waals surface area contributed by atoms with E-state index in [1.807, 2.05) is 91.9 Å². The van der Waals surface area contributed by atoms with Gasteiger partial charge in [-0.3, -0.25) is 70.8 Å². The van der Waals surface area contributed by atoms with Crippen LogP contribution >= 0.6 is 0 Å². The Bertz CT molecular complexity index is 3620. The molecule has 0 saturated carbocycles. The van der Waals surface area contributed by atoms with Crippen LogP contribution in [-0.2, 0) is 1320 Å². The van der Waals surface area contributed by atoms with Gasteiger partial charge in [0.25, 0.3) is 0 Å². The fourth-order valence-electron chi connectivity index (χ4n) is 8.74. The van der Waals surface area contributed by atoms with Crippen molar-refractivity contribution < 1.29 is 1320 Å². The first-order valence-corrected chi connectivity index (χ1v) is 25.3. The maximum absolute atomic E-state index is 3.40. The molecule has 0 unspecified atom stereocenters. The van der Waals surface area contributed by atoms with E-state index in [-0.39, 0.29) is 1320 Å². The van der Waals surface area contributed by atoms with Gasteiger partial charge in [0.2, 0.25) is 0 Å². The molecule has 0 aromatic heterocycles. The summed E-state index contributed by atoms with van der Waals surface area (Å²) in [7, 11) is 0. The Hall–Kier alpha value is 31.2. The molecule has 4 nitrogen and oxygen atoms in total. The first kappa shape index (κ1) is 263. The second kappa shape index (κ2) is 156. The van der Waals surface area contributed by atoms with E-state index in [9.17, 15) is 0 Å². The zero-order chi connectivity index (χ0) is 52.4. The zero-order valence-electron chi connectivity index (χ0n) is 69.9. The molecule has 522 valence electrons. The Morgan fingerprint density at radius 3 is 0.410 bits per heavy atom. The van der Waals surface area contributed by atoms with E-state index in [1.165, 1.54) is 11.1 Å². The number of rotatable bonds is 13. The number of benzene rings is 11. The first-order valence-electron chi connectivity index (χ1n) is 25.3. The molecule has 0 aliphatic carbocycles. The van der Waals surface area contributed by atoms with E-state index >= 15 is 0 Å². The standard InChI is InChI=1S/C39H29N2.C33H25N2.4Re.4Rf.38Y/c1-29-9-19-35(20-10-29)40(34-7-5-4-6-8-34)38-25-15-32(16-26-38)33-17-27-39(28-18-33)41(36-21-11-30(2)12-22-36)37-23-13-31(3)14-24-37;1-25-9-15-29(16-10-25)34(28-7-5-4-6-8-28)32-21-23-33(24-22-32)35(30-17-11-26(2)12-18-30)31-19-13-27(3)14-20-31;;;;;;;;;;;;;;;;;;;;;;;;;;;;;;;;;;;;;;;;;;;;;;/h5-18,21-22,25-28H,1-3H3;5-14,17-18,21-24H,1-3H3;;;;;;;;;;;;;;;;;;;;;;;;;;;;;;;;;;;;;;;;;;;;;;/q2*-5;;;;;;;;;;;;;;;;;;;;;;;;;;;;;;;;;;;;;;;;;;;;;;. The van der Waals surface area contributed by atoms with Crippen LogP contribution in [0.4, 0.5) is 68.2 Å². The number of aryl methyl sites for hydroxylation is 6. The maximum Gasteiger partial charge on any atom is 0.0421 e. The van der Waals surface area contributed by atoms with Crippen molar-refractivity contribution in [2.24, 2.45) is 0 Å². The Morgan fingerprint density at radius 2 is 0.270 bits per heavy atom. The minimum absolute atomic E-state index is 0. The van der Waals surface area contributed by atoms with Gasteiger partial charge in [-0.2, -0.15) is 47.8 Å². The van der Waals surface area contributed by atoms with E-state index in [1.54, 1.807) is 0 Å². The monoisotopic (exact) mass is 6170 g/mol. The van der Waals surface area contributed by atoms with Gasteiger partial charge in [0.1, 0.15) is 0 Å². The third-order valence-corrected chi connectivity index (χ3v) is 12.8. The van der Waals surface area contributed by atoms with Gasteiger partial charge >= 0.3 is 0 Å². The van der Waals surface area contributed by atoms with Crippen molar-refractivity contribution in [3.05, 3.63) is 312 Å². The van der Waals surface area contributed by atoms with Gasteiger partial charge in [-0.05, 0) is 97.8 Å². The number of nitrogens with zero attached hydrogens (tertiary/aromatic N) is 4. The summed E-state index contributed by atoms with van der Waals surface area (Å²) >= 11 is 0. The van der Waals surface area contributed by atoms with Gasteiger partial charge in [-0.25, -0.2) is 11.4 Å². The van der Waals surface area contributed by atoms with Crippen molar-refractivity contribution in [2.75, 3.05) is 19.6 Å². The average molecular weight is 6170 g/mol. The first-order chi connectivity index (χ1) is 37.1. The molecule has 50 heteroatoms. The van der Waals surface area contributed by atoms with Crippen molar-refractivity contribution in [3.63, 3.8) is 0 Å². The molecule has 0 heterocycles. The van der Waals surface area contributed by atoms with Crippen LogP contribution in [0, 0.1) is 102 Å². The normalized spacial score (nSPS) is 6.70. The quantitative estimate of drug-likeness (QED) is 0.107. The molecule has 0 bridgehead atoms. The van der Waals surface area contributed by atoms with E-state index < -0.39 is 0 Å². The summed E-state index contributed by atoms with van der Waals surface area (Å²) in [6, 6.07) is 108. The van der Waals surface area contributed by atoms with Crippen LogP contribution < -0.4 is 19.6 Å². The summed E-state index contributed by atoms with van der Waals surface area (Å²) in [5.41, 5.74) is 21.2. The summed E-state index contributed by atoms with van der Waals surface area (Å²) < 4.78 is 0. The van der Waals surface area contributed by atoms with Crippen LogP contribution in [0.5, 0.6) is 0 Å². The molecular formula is C72H54N4Re4Rf4Y38-10.